The molecule has 0 N–H and O–H groups in total. The first-order chi connectivity index (χ1) is 8.97. The van der Waals surface area contributed by atoms with Gasteiger partial charge in [-0.1, -0.05) is 34.1 Å². The Labute approximate surface area is 124 Å². The van der Waals surface area contributed by atoms with Crippen LogP contribution < -0.4 is 0 Å². The standard InChI is InChI=1S/C15H12BrClF2/c1-9-6-10(3-5-13(9)16)14(17)7-11-2-4-12(18)8-15(11)19/h2-6,8,14H,7H2,1H3. The molecule has 4 heteroatoms. The molecule has 0 aliphatic carbocycles. The molecule has 0 aromatic heterocycles. The molecule has 0 saturated carbocycles. The molecular weight excluding hydrogens is 334 g/mol. The van der Waals surface area contributed by atoms with Crippen LogP contribution >= 0.6 is 27.5 Å². The van der Waals surface area contributed by atoms with Gasteiger partial charge < -0.3 is 0 Å². The van der Waals surface area contributed by atoms with Gasteiger partial charge in [-0.05, 0) is 42.2 Å². The fraction of sp³-hybridized carbons (Fsp3) is 0.200. The highest BCUT2D eigenvalue weighted by Crippen LogP contribution is 2.29. The van der Waals surface area contributed by atoms with Gasteiger partial charge in [-0.3, -0.25) is 0 Å². The van der Waals surface area contributed by atoms with Crippen molar-refractivity contribution in [2.24, 2.45) is 0 Å². The predicted octanol–water partition coefficient (Wildman–Crippen LogP) is 5.56. The van der Waals surface area contributed by atoms with Crippen molar-refractivity contribution in [2.45, 2.75) is 18.7 Å². The SMILES string of the molecule is Cc1cc(C(Cl)Cc2ccc(F)cc2F)ccc1Br. The van der Waals surface area contributed by atoms with Crippen LogP contribution in [0.4, 0.5) is 8.78 Å². The first-order valence-electron chi connectivity index (χ1n) is 5.81. The lowest BCUT2D eigenvalue weighted by Crippen LogP contribution is -1.99. The molecule has 0 aliphatic heterocycles. The Hall–Kier alpha value is -0.930. The maximum Gasteiger partial charge on any atom is 0.129 e. The lowest BCUT2D eigenvalue weighted by molar-refractivity contribution is 0.570. The Morgan fingerprint density at radius 3 is 2.53 bits per heavy atom. The topological polar surface area (TPSA) is 0 Å². The Balaban J connectivity index is 2.20. The van der Waals surface area contributed by atoms with Crippen LogP contribution in [0, 0.1) is 18.6 Å². The van der Waals surface area contributed by atoms with E-state index in [-0.39, 0.29) is 5.38 Å². The van der Waals surface area contributed by atoms with Crippen LogP contribution in [-0.2, 0) is 6.42 Å². The third-order valence-corrected chi connectivity index (χ3v) is 4.25. The number of rotatable bonds is 3. The van der Waals surface area contributed by atoms with Gasteiger partial charge in [0, 0.05) is 10.5 Å². The molecule has 0 spiro atoms. The summed E-state index contributed by atoms with van der Waals surface area (Å²) in [5.74, 6) is -1.13. The molecule has 2 rings (SSSR count). The molecule has 0 amide bonds. The van der Waals surface area contributed by atoms with Crippen molar-refractivity contribution in [2.75, 3.05) is 0 Å². The van der Waals surface area contributed by atoms with E-state index in [1.807, 2.05) is 25.1 Å². The van der Waals surface area contributed by atoms with E-state index < -0.39 is 11.6 Å². The first-order valence-corrected chi connectivity index (χ1v) is 7.04. The quantitative estimate of drug-likeness (QED) is 0.639. The van der Waals surface area contributed by atoms with Gasteiger partial charge in [0.05, 0.1) is 5.38 Å². The summed E-state index contributed by atoms with van der Waals surface area (Å²) in [5, 5.41) is -0.341. The molecule has 1 unspecified atom stereocenters. The van der Waals surface area contributed by atoms with Crippen LogP contribution in [0.25, 0.3) is 0 Å². The van der Waals surface area contributed by atoms with Crippen LogP contribution in [0.1, 0.15) is 22.1 Å². The second-order valence-corrected chi connectivity index (χ2v) is 5.80. The van der Waals surface area contributed by atoms with Crippen molar-refractivity contribution < 1.29 is 8.78 Å². The summed E-state index contributed by atoms with van der Waals surface area (Å²) in [6.07, 6.45) is 0.328. The normalized spacial score (nSPS) is 12.5. The molecule has 0 nitrogen and oxygen atoms in total. The minimum atomic E-state index is -0.577. The van der Waals surface area contributed by atoms with Gasteiger partial charge in [0.25, 0.3) is 0 Å². The zero-order valence-corrected chi connectivity index (χ0v) is 12.6. The number of hydrogen-bond acceptors (Lipinski definition) is 0. The van der Waals surface area contributed by atoms with Gasteiger partial charge in [-0.25, -0.2) is 8.78 Å². The minimum Gasteiger partial charge on any atom is -0.207 e. The number of halogens is 4. The zero-order valence-electron chi connectivity index (χ0n) is 10.3. The fourth-order valence-corrected chi connectivity index (χ4v) is 2.41. The number of aryl methyl sites for hydroxylation is 1. The third kappa shape index (κ3) is 3.54. The van der Waals surface area contributed by atoms with E-state index in [4.69, 9.17) is 11.6 Å². The van der Waals surface area contributed by atoms with E-state index in [2.05, 4.69) is 15.9 Å². The number of hydrogen-bond donors (Lipinski definition) is 0. The summed E-state index contributed by atoms with van der Waals surface area (Å²) in [6.45, 7) is 1.97. The molecule has 0 saturated heterocycles. The average Bonchev–Trinajstić information content (AvgIpc) is 2.36. The van der Waals surface area contributed by atoms with E-state index in [0.717, 1.165) is 21.7 Å². The van der Waals surface area contributed by atoms with Crippen LogP contribution in [-0.4, -0.2) is 0 Å². The molecular formula is C15H12BrClF2. The fourth-order valence-electron chi connectivity index (χ4n) is 1.86. The van der Waals surface area contributed by atoms with Gasteiger partial charge in [-0.15, -0.1) is 11.6 Å². The Morgan fingerprint density at radius 1 is 1.16 bits per heavy atom. The summed E-state index contributed by atoms with van der Waals surface area (Å²) in [7, 11) is 0. The van der Waals surface area contributed by atoms with Crippen LogP contribution in [0.5, 0.6) is 0 Å². The molecule has 1 atom stereocenters. The van der Waals surface area contributed by atoms with E-state index in [1.54, 1.807) is 0 Å². The van der Waals surface area contributed by atoms with Crippen molar-refractivity contribution in [3.63, 3.8) is 0 Å². The zero-order chi connectivity index (χ0) is 14.0. The molecule has 19 heavy (non-hydrogen) atoms. The van der Waals surface area contributed by atoms with E-state index in [0.29, 0.717) is 12.0 Å². The lowest BCUT2D eigenvalue weighted by atomic mass is 10.0. The Morgan fingerprint density at radius 2 is 1.89 bits per heavy atom. The summed E-state index contributed by atoms with van der Waals surface area (Å²) >= 11 is 9.72. The molecule has 0 aliphatic rings. The molecule has 100 valence electrons. The first kappa shape index (κ1) is 14.5. The summed E-state index contributed by atoms with van der Waals surface area (Å²) < 4.78 is 27.4. The van der Waals surface area contributed by atoms with E-state index in [9.17, 15) is 8.78 Å². The maximum absolute atomic E-state index is 13.6. The molecule has 0 heterocycles. The second kappa shape index (κ2) is 6.02. The Kier molecular flexibility index (Phi) is 4.58. The molecule has 0 bridgehead atoms. The largest absolute Gasteiger partial charge is 0.207 e. The van der Waals surface area contributed by atoms with Crippen LogP contribution in [0.3, 0.4) is 0 Å². The highest BCUT2D eigenvalue weighted by molar-refractivity contribution is 9.10. The maximum atomic E-state index is 13.6. The van der Waals surface area contributed by atoms with Crippen LogP contribution in [0.15, 0.2) is 40.9 Å². The summed E-state index contributed by atoms with van der Waals surface area (Å²) in [4.78, 5) is 0. The van der Waals surface area contributed by atoms with Gasteiger partial charge in [0.2, 0.25) is 0 Å². The highest BCUT2D eigenvalue weighted by atomic mass is 79.9. The lowest BCUT2D eigenvalue weighted by Gasteiger charge is -2.12. The van der Waals surface area contributed by atoms with Crippen molar-refractivity contribution in [3.8, 4) is 0 Å². The summed E-state index contributed by atoms with van der Waals surface area (Å²) in [5.41, 5.74) is 2.41. The predicted molar refractivity (Wildman–Crippen MR) is 77.5 cm³/mol. The van der Waals surface area contributed by atoms with Gasteiger partial charge in [-0.2, -0.15) is 0 Å². The van der Waals surface area contributed by atoms with E-state index in [1.165, 1.54) is 12.1 Å². The number of benzene rings is 2. The smallest absolute Gasteiger partial charge is 0.129 e. The third-order valence-electron chi connectivity index (χ3n) is 2.96. The van der Waals surface area contributed by atoms with Crippen molar-refractivity contribution in [1.82, 2.24) is 0 Å². The highest BCUT2D eigenvalue weighted by Gasteiger charge is 2.13. The van der Waals surface area contributed by atoms with Gasteiger partial charge >= 0.3 is 0 Å². The van der Waals surface area contributed by atoms with E-state index >= 15 is 0 Å². The number of alkyl halides is 1. The monoisotopic (exact) mass is 344 g/mol. The molecule has 0 fully saturated rings. The van der Waals surface area contributed by atoms with Crippen LogP contribution in [0.2, 0.25) is 0 Å². The Bertz CT molecular complexity index is 599. The second-order valence-electron chi connectivity index (χ2n) is 4.42. The van der Waals surface area contributed by atoms with Crippen molar-refractivity contribution >= 4 is 27.5 Å². The van der Waals surface area contributed by atoms with Gasteiger partial charge in [0.1, 0.15) is 11.6 Å². The van der Waals surface area contributed by atoms with Crippen molar-refractivity contribution in [1.29, 1.82) is 0 Å². The molecule has 2 aromatic carbocycles. The summed E-state index contributed by atoms with van der Waals surface area (Å²) in [6, 6.07) is 9.34. The molecule has 2 aromatic rings. The minimum absolute atomic E-state index is 0.328. The van der Waals surface area contributed by atoms with Gasteiger partial charge in [0.15, 0.2) is 0 Å². The average molecular weight is 346 g/mol. The molecule has 0 radical (unpaired) electrons. The van der Waals surface area contributed by atoms with Crippen molar-refractivity contribution in [3.05, 3.63) is 69.2 Å².